The molecule has 1 saturated heterocycles. The largest absolute Gasteiger partial charge is 0.369 e. The molecular formula is C22H26Cl2N4O2. The number of halogens is 2. The number of hydrogen-bond acceptors (Lipinski definition) is 4. The van der Waals surface area contributed by atoms with Crippen LogP contribution in [0.4, 0.5) is 5.69 Å². The van der Waals surface area contributed by atoms with Gasteiger partial charge in [-0.2, -0.15) is 0 Å². The molecule has 160 valence electrons. The first kappa shape index (κ1) is 22.4. The van der Waals surface area contributed by atoms with E-state index in [2.05, 4.69) is 20.4 Å². The van der Waals surface area contributed by atoms with Gasteiger partial charge in [-0.15, -0.1) is 0 Å². The van der Waals surface area contributed by atoms with Gasteiger partial charge in [-0.3, -0.25) is 14.5 Å². The van der Waals surface area contributed by atoms with Crippen molar-refractivity contribution < 1.29 is 9.59 Å². The van der Waals surface area contributed by atoms with E-state index in [1.165, 1.54) is 5.69 Å². The van der Waals surface area contributed by atoms with Crippen molar-refractivity contribution in [3.63, 3.8) is 0 Å². The molecule has 8 heteroatoms. The highest BCUT2D eigenvalue weighted by Gasteiger charge is 2.17. The summed E-state index contributed by atoms with van der Waals surface area (Å²) in [5.74, 6) is -1.26. The molecule has 0 aliphatic carbocycles. The van der Waals surface area contributed by atoms with Crippen molar-refractivity contribution in [3.8, 4) is 0 Å². The highest BCUT2D eigenvalue weighted by Crippen LogP contribution is 2.19. The number of hydrogen-bond donors (Lipinski definition) is 2. The molecule has 3 rings (SSSR count). The number of anilines is 1. The third-order valence-corrected chi connectivity index (χ3v) is 5.72. The summed E-state index contributed by atoms with van der Waals surface area (Å²) in [6.07, 6.45) is 0.796. The minimum absolute atomic E-state index is 0.226. The number of carbonyl (C=O) groups excluding carboxylic acids is 2. The average Bonchev–Trinajstić information content (AvgIpc) is 2.77. The molecule has 30 heavy (non-hydrogen) atoms. The van der Waals surface area contributed by atoms with E-state index in [0.717, 1.165) is 49.7 Å². The summed E-state index contributed by atoms with van der Waals surface area (Å²) in [4.78, 5) is 28.6. The second kappa shape index (κ2) is 11.2. The van der Waals surface area contributed by atoms with E-state index in [9.17, 15) is 9.59 Å². The Morgan fingerprint density at radius 3 is 2.23 bits per heavy atom. The minimum Gasteiger partial charge on any atom is -0.369 e. The summed E-state index contributed by atoms with van der Waals surface area (Å²) in [5.41, 5.74) is 1.96. The lowest BCUT2D eigenvalue weighted by atomic mass is 10.2. The Balaban J connectivity index is 1.29. The van der Waals surface area contributed by atoms with E-state index in [1.807, 2.05) is 42.5 Å². The summed E-state index contributed by atoms with van der Waals surface area (Å²) < 4.78 is 0. The maximum atomic E-state index is 11.9. The molecule has 0 saturated carbocycles. The van der Waals surface area contributed by atoms with Gasteiger partial charge >= 0.3 is 11.8 Å². The van der Waals surface area contributed by atoms with E-state index >= 15 is 0 Å². The third kappa shape index (κ3) is 6.62. The molecule has 1 fully saturated rings. The van der Waals surface area contributed by atoms with Gasteiger partial charge in [-0.05, 0) is 48.9 Å². The summed E-state index contributed by atoms with van der Waals surface area (Å²) >= 11 is 12.0. The fraction of sp³-hybridized carbons (Fsp3) is 0.364. The first-order valence-corrected chi connectivity index (χ1v) is 10.8. The number of carbonyl (C=O) groups is 2. The molecule has 1 aliphatic heterocycles. The second-order valence-corrected chi connectivity index (χ2v) is 8.03. The maximum absolute atomic E-state index is 11.9. The van der Waals surface area contributed by atoms with Gasteiger partial charge < -0.3 is 15.5 Å². The van der Waals surface area contributed by atoms with Gasteiger partial charge in [-0.1, -0.05) is 41.4 Å². The van der Waals surface area contributed by atoms with E-state index < -0.39 is 11.8 Å². The molecule has 1 heterocycles. The Morgan fingerprint density at radius 2 is 1.53 bits per heavy atom. The molecule has 0 atom stereocenters. The van der Waals surface area contributed by atoms with Crippen LogP contribution in [0.1, 0.15) is 12.0 Å². The van der Waals surface area contributed by atoms with Crippen molar-refractivity contribution in [1.29, 1.82) is 0 Å². The van der Waals surface area contributed by atoms with Crippen molar-refractivity contribution in [1.82, 2.24) is 15.5 Å². The van der Waals surface area contributed by atoms with Gasteiger partial charge in [0.2, 0.25) is 0 Å². The lowest BCUT2D eigenvalue weighted by Crippen LogP contribution is -2.47. The average molecular weight is 449 g/mol. The fourth-order valence-corrected chi connectivity index (χ4v) is 3.69. The summed E-state index contributed by atoms with van der Waals surface area (Å²) in [7, 11) is 0. The lowest BCUT2D eigenvalue weighted by molar-refractivity contribution is -0.139. The zero-order valence-electron chi connectivity index (χ0n) is 16.7. The van der Waals surface area contributed by atoms with Crippen LogP contribution in [0.3, 0.4) is 0 Å². The molecule has 0 spiro atoms. The monoisotopic (exact) mass is 448 g/mol. The number of piperazine rings is 1. The molecule has 2 aromatic carbocycles. The first-order valence-electron chi connectivity index (χ1n) is 10.1. The Kier molecular flexibility index (Phi) is 8.37. The summed E-state index contributed by atoms with van der Waals surface area (Å²) in [6, 6.07) is 15.1. The number of nitrogens with one attached hydrogen (secondary N) is 2. The molecule has 1 aliphatic rings. The van der Waals surface area contributed by atoms with Crippen LogP contribution in [0.2, 0.25) is 10.0 Å². The van der Waals surface area contributed by atoms with Crippen LogP contribution in [0.25, 0.3) is 0 Å². The van der Waals surface area contributed by atoms with Crippen LogP contribution in [-0.4, -0.2) is 56.0 Å². The lowest BCUT2D eigenvalue weighted by Gasteiger charge is -2.36. The number of benzene rings is 2. The normalized spacial score (nSPS) is 14.4. The van der Waals surface area contributed by atoms with E-state index in [0.29, 0.717) is 11.6 Å². The van der Waals surface area contributed by atoms with Crippen LogP contribution in [0.15, 0.2) is 48.5 Å². The van der Waals surface area contributed by atoms with E-state index in [-0.39, 0.29) is 6.54 Å². The summed E-state index contributed by atoms with van der Waals surface area (Å²) in [5, 5.41) is 6.58. The molecule has 0 aromatic heterocycles. The number of rotatable bonds is 7. The van der Waals surface area contributed by atoms with Gasteiger partial charge in [0.05, 0.1) is 0 Å². The Bertz CT molecular complexity index is 852. The predicted molar refractivity (Wildman–Crippen MR) is 121 cm³/mol. The molecule has 6 nitrogen and oxygen atoms in total. The van der Waals surface area contributed by atoms with Crippen molar-refractivity contribution >= 4 is 40.7 Å². The van der Waals surface area contributed by atoms with Crippen molar-refractivity contribution in [2.24, 2.45) is 0 Å². The van der Waals surface area contributed by atoms with Gasteiger partial charge in [-0.25, -0.2) is 0 Å². The fourth-order valence-electron chi connectivity index (χ4n) is 3.36. The standard InChI is InChI=1S/C22H26Cl2N4O2/c23-18-6-8-19(9-7-18)28-14-12-27(13-15-28)11-3-10-25-21(29)22(30)26-16-17-4-1-2-5-20(17)24/h1-2,4-9H,3,10-16H2,(H,25,29)(H,26,30). The number of amides is 2. The van der Waals surface area contributed by atoms with Gasteiger partial charge in [0.25, 0.3) is 0 Å². The van der Waals surface area contributed by atoms with Crippen LogP contribution in [0, 0.1) is 0 Å². The zero-order chi connectivity index (χ0) is 21.3. The van der Waals surface area contributed by atoms with Crippen LogP contribution >= 0.6 is 23.2 Å². The van der Waals surface area contributed by atoms with Crippen molar-refractivity contribution in [3.05, 3.63) is 64.1 Å². The molecule has 2 amide bonds. The molecular weight excluding hydrogens is 423 g/mol. The number of nitrogens with zero attached hydrogens (tertiary/aromatic N) is 2. The molecule has 0 bridgehead atoms. The van der Waals surface area contributed by atoms with Crippen molar-refractivity contribution in [2.75, 3.05) is 44.2 Å². The van der Waals surface area contributed by atoms with Gasteiger partial charge in [0.15, 0.2) is 0 Å². The molecule has 2 N–H and O–H groups in total. The van der Waals surface area contributed by atoms with Gasteiger partial charge in [0, 0.05) is 55.0 Å². The third-order valence-electron chi connectivity index (χ3n) is 5.10. The SMILES string of the molecule is O=C(NCCCN1CCN(c2ccc(Cl)cc2)CC1)C(=O)NCc1ccccc1Cl. The van der Waals surface area contributed by atoms with Gasteiger partial charge in [0.1, 0.15) is 0 Å². The summed E-state index contributed by atoms with van der Waals surface area (Å²) in [6.45, 7) is 5.43. The zero-order valence-corrected chi connectivity index (χ0v) is 18.3. The predicted octanol–water partition coefficient (Wildman–Crippen LogP) is 2.94. The highest BCUT2D eigenvalue weighted by atomic mass is 35.5. The molecule has 0 unspecified atom stereocenters. The molecule has 0 radical (unpaired) electrons. The highest BCUT2D eigenvalue weighted by molar-refractivity contribution is 6.35. The second-order valence-electron chi connectivity index (χ2n) is 7.19. The Hall–Kier alpha value is -2.28. The minimum atomic E-state index is -0.647. The van der Waals surface area contributed by atoms with E-state index in [1.54, 1.807) is 6.07 Å². The van der Waals surface area contributed by atoms with E-state index in [4.69, 9.17) is 23.2 Å². The van der Waals surface area contributed by atoms with Crippen LogP contribution in [-0.2, 0) is 16.1 Å². The molecule has 2 aromatic rings. The first-order chi connectivity index (χ1) is 14.5. The Morgan fingerprint density at radius 1 is 0.867 bits per heavy atom. The van der Waals surface area contributed by atoms with Crippen LogP contribution < -0.4 is 15.5 Å². The maximum Gasteiger partial charge on any atom is 0.309 e. The van der Waals surface area contributed by atoms with Crippen molar-refractivity contribution in [2.45, 2.75) is 13.0 Å². The smallest absolute Gasteiger partial charge is 0.309 e. The van der Waals surface area contributed by atoms with Crippen LogP contribution in [0.5, 0.6) is 0 Å². The quantitative estimate of drug-likeness (QED) is 0.504. The topological polar surface area (TPSA) is 64.7 Å². The Labute approximate surface area is 187 Å².